The molecule has 1 aromatic carbocycles. The van der Waals surface area contributed by atoms with E-state index in [1.165, 1.54) is 7.11 Å². The van der Waals surface area contributed by atoms with Gasteiger partial charge in [0.25, 0.3) is 0 Å². The highest BCUT2D eigenvalue weighted by Crippen LogP contribution is 2.34. The van der Waals surface area contributed by atoms with E-state index in [4.69, 9.17) is 9.47 Å². The standard InChI is InChI=1S/C23H28N2O4/c1-23(2,3)29-22(27)24-19-10-6-5-8-17(19)9-7-13-25-15-16-11-12-20(25)18(14-16)21(26)28-4/h5-6,8,10-12,16,18,20H,13-15H2,1-4H3,(H,24,27)/t16-,18-,20+/m0/s1. The number of ether oxygens (including phenoxy) is 2. The number of hydrogen-bond acceptors (Lipinski definition) is 5. The van der Waals surface area contributed by atoms with Gasteiger partial charge in [-0.15, -0.1) is 0 Å². The lowest BCUT2D eigenvalue weighted by molar-refractivity contribution is -0.149. The van der Waals surface area contributed by atoms with Crippen molar-refractivity contribution in [3.8, 4) is 11.8 Å². The van der Waals surface area contributed by atoms with Gasteiger partial charge in [0.1, 0.15) is 5.60 Å². The SMILES string of the molecule is COC(=O)[C@H]1C[C@@H]2C=C[C@H]1N(CC#Cc1ccccc1NC(=O)OC(C)(C)C)C2. The maximum absolute atomic E-state index is 12.1. The Hall–Kier alpha value is -2.78. The number of esters is 1. The van der Waals surface area contributed by atoms with E-state index in [9.17, 15) is 9.59 Å². The second-order valence-electron chi connectivity index (χ2n) is 8.40. The van der Waals surface area contributed by atoms with Crippen molar-refractivity contribution in [2.75, 3.05) is 25.5 Å². The third kappa shape index (κ3) is 5.39. The third-order valence-electron chi connectivity index (χ3n) is 5.01. The summed E-state index contributed by atoms with van der Waals surface area (Å²) in [6.07, 6.45) is 4.61. The van der Waals surface area contributed by atoms with Crippen molar-refractivity contribution >= 4 is 17.7 Å². The molecule has 6 nitrogen and oxygen atoms in total. The van der Waals surface area contributed by atoms with Gasteiger partial charge < -0.3 is 9.47 Å². The first-order chi connectivity index (χ1) is 13.8. The van der Waals surface area contributed by atoms with Crippen LogP contribution in [0.5, 0.6) is 0 Å². The molecule has 2 heterocycles. The highest BCUT2D eigenvalue weighted by Gasteiger charge is 2.41. The van der Waals surface area contributed by atoms with E-state index < -0.39 is 11.7 Å². The molecule has 0 aromatic heterocycles. The Morgan fingerprint density at radius 1 is 1.24 bits per heavy atom. The molecule has 0 unspecified atom stereocenters. The first-order valence-electron chi connectivity index (χ1n) is 9.85. The fraction of sp³-hybridized carbons (Fsp3) is 0.478. The van der Waals surface area contributed by atoms with Gasteiger partial charge in [-0.2, -0.15) is 0 Å². The fourth-order valence-corrected chi connectivity index (χ4v) is 3.79. The van der Waals surface area contributed by atoms with Gasteiger partial charge in [0, 0.05) is 18.2 Å². The number of carbonyl (C=O) groups excluding carboxylic acids is 2. The second-order valence-corrected chi connectivity index (χ2v) is 8.40. The lowest BCUT2D eigenvalue weighted by atomic mass is 9.77. The topological polar surface area (TPSA) is 67.9 Å². The minimum atomic E-state index is -0.567. The van der Waals surface area contributed by atoms with E-state index in [0.717, 1.165) is 18.5 Å². The van der Waals surface area contributed by atoms with Gasteiger partial charge in [-0.1, -0.05) is 36.1 Å². The van der Waals surface area contributed by atoms with Crippen LogP contribution in [0.25, 0.3) is 0 Å². The van der Waals surface area contributed by atoms with Gasteiger partial charge in [-0.3, -0.25) is 15.0 Å². The minimum Gasteiger partial charge on any atom is -0.469 e. The number of anilines is 1. The van der Waals surface area contributed by atoms with Gasteiger partial charge in [-0.25, -0.2) is 4.79 Å². The number of carbonyl (C=O) groups is 2. The summed E-state index contributed by atoms with van der Waals surface area (Å²) in [4.78, 5) is 26.4. The number of amides is 1. The van der Waals surface area contributed by atoms with Gasteiger partial charge in [-0.05, 0) is 45.2 Å². The maximum atomic E-state index is 12.1. The van der Waals surface area contributed by atoms with E-state index in [0.29, 0.717) is 18.2 Å². The molecular weight excluding hydrogens is 368 g/mol. The summed E-state index contributed by atoms with van der Waals surface area (Å²) >= 11 is 0. The summed E-state index contributed by atoms with van der Waals surface area (Å²) in [5.41, 5.74) is 0.768. The molecule has 0 saturated carbocycles. The van der Waals surface area contributed by atoms with E-state index >= 15 is 0 Å². The van der Waals surface area contributed by atoms with Crippen molar-refractivity contribution in [2.24, 2.45) is 11.8 Å². The number of fused-ring (bicyclic) bond motifs is 2. The first kappa shape index (κ1) is 20.9. The van der Waals surface area contributed by atoms with E-state index in [-0.39, 0.29) is 17.9 Å². The average molecular weight is 396 g/mol. The number of piperidine rings is 1. The van der Waals surface area contributed by atoms with Crippen LogP contribution >= 0.6 is 0 Å². The number of nitrogens with zero attached hydrogens (tertiary/aromatic N) is 1. The second kappa shape index (κ2) is 8.71. The molecule has 1 aliphatic carbocycles. The molecule has 154 valence electrons. The summed E-state index contributed by atoms with van der Waals surface area (Å²) in [6.45, 7) is 6.89. The Balaban J connectivity index is 1.67. The van der Waals surface area contributed by atoms with Gasteiger partial charge >= 0.3 is 12.1 Å². The van der Waals surface area contributed by atoms with Crippen LogP contribution in [0.2, 0.25) is 0 Å². The maximum Gasteiger partial charge on any atom is 0.412 e. The summed E-state index contributed by atoms with van der Waals surface area (Å²) in [7, 11) is 1.44. The van der Waals surface area contributed by atoms with Gasteiger partial charge in [0.15, 0.2) is 0 Å². The van der Waals surface area contributed by atoms with Crippen molar-refractivity contribution in [3.63, 3.8) is 0 Å². The zero-order valence-electron chi connectivity index (χ0n) is 17.4. The molecule has 1 aromatic rings. The molecule has 3 atom stereocenters. The number of hydrogen-bond donors (Lipinski definition) is 1. The number of nitrogens with one attached hydrogen (secondary N) is 1. The Morgan fingerprint density at radius 3 is 2.69 bits per heavy atom. The molecule has 1 fully saturated rings. The van der Waals surface area contributed by atoms with Crippen molar-refractivity contribution in [1.29, 1.82) is 0 Å². The van der Waals surface area contributed by atoms with Gasteiger partial charge in [0.2, 0.25) is 0 Å². The Bertz CT molecular complexity index is 860. The summed E-state index contributed by atoms with van der Waals surface area (Å²) in [5.74, 6) is 6.40. The predicted octanol–water partition coefficient (Wildman–Crippen LogP) is 3.43. The molecular formula is C23H28N2O4. The van der Waals surface area contributed by atoms with Crippen molar-refractivity contribution in [1.82, 2.24) is 4.90 Å². The van der Waals surface area contributed by atoms with E-state index in [1.54, 1.807) is 6.07 Å². The van der Waals surface area contributed by atoms with Gasteiger partial charge in [0.05, 0.1) is 25.3 Å². The highest BCUT2D eigenvalue weighted by atomic mass is 16.6. The van der Waals surface area contributed by atoms with E-state index in [1.807, 2.05) is 39.0 Å². The normalized spacial score (nSPS) is 23.1. The Morgan fingerprint density at radius 2 is 2.00 bits per heavy atom. The zero-order chi connectivity index (χ0) is 21.0. The van der Waals surface area contributed by atoms with Crippen LogP contribution in [0.1, 0.15) is 32.8 Å². The van der Waals surface area contributed by atoms with Crippen molar-refractivity contribution in [3.05, 3.63) is 42.0 Å². The molecule has 1 N–H and O–H groups in total. The van der Waals surface area contributed by atoms with Crippen molar-refractivity contribution in [2.45, 2.75) is 38.8 Å². The molecule has 0 radical (unpaired) electrons. The van der Waals surface area contributed by atoms with Crippen LogP contribution in [0, 0.1) is 23.7 Å². The summed E-state index contributed by atoms with van der Waals surface area (Å²) in [5, 5.41) is 2.76. The van der Waals surface area contributed by atoms with Crippen LogP contribution in [0.4, 0.5) is 10.5 Å². The van der Waals surface area contributed by atoms with Crippen molar-refractivity contribution < 1.29 is 19.1 Å². The molecule has 6 heteroatoms. The van der Waals surface area contributed by atoms with Crippen LogP contribution in [0.15, 0.2) is 36.4 Å². The summed E-state index contributed by atoms with van der Waals surface area (Å²) in [6, 6.07) is 7.40. The molecule has 29 heavy (non-hydrogen) atoms. The summed E-state index contributed by atoms with van der Waals surface area (Å²) < 4.78 is 10.3. The van der Waals surface area contributed by atoms with E-state index in [2.05, 4.69) is 34.2 Å². The average Bonchev–Trinajstić information content (AvgIpc) is 2.67. The molecule has 4 rings (SSSR count). The highest BCUT2D eigenvalue weighted by molar-refractivity contribution is 5.86. The number of methoxy groups -OCH3 is 1. The number of rotatable bonds is 3. The lowest BCUT2D eigenvalue weighted by Gasteiger charge is -2.44. The van der Waals surface area contributed by atoms with Crippen LogP contribution in [0.3, 0.4) is 0 Å². The molecule has 0 spiro atoms. The van der Waals surface area contributed by atoms with Crippen LogP contribution < -0.4 is 5.32 Å². The smallest absolute Gasteiger partial charge is 0.412 e. The minimum absolute atomic E-state index is 0.0249. The molecule has 1 saturated heterocycles. The predicted molar refractivity (Wildman–Crippen MR) is 111 cm³/mol. The molecule has 3 aliphatic rings. The number of para-hydroxylation sites is 1. The zero-order valence-corrected chi connectivity index (χ0v) is 17.4. The molecule has 2 bridgehead atoms. The monoisotopic (exact) mass is 396 g/mol. The van der Waals surface area contributed by atoms with Crippen LogP contribution in [-0.2, 0) is 14.3 Å². The Kier molecular flexibility index (Phi) is 6.29. The molecule has 1 amide bonds. The first-order valence-corrected chi connectivity index (χ1v) is 9.85. The molecule has 2 aliphatic heterocycles. The third-order valence-corrected chi connectivity index (χ3v) is 5.01. The fourth-order valence-electron chi connectivity index (χ4n) is 3.79. The van der Waals surface area contributed by atoms with Crippen LogP contribution in [-0.4, -0.2) is 48.8 Å². The Labute approximate surface area is 172 Å². The quantitative estimate of drug-likeness (QED) is 0.482. The number of benzene rings is 1. The lowest BCUT2D eigenvalue weighted by Crippen LogP contribution is -2.52. The largest absolute Gasteiger partial charge is 0.469 e.